The Morgan fingerprint density at radius 2 is 1.67 bits per heavy atom. The normalized spacial score (nSPS) is 9.08. The van der Waals surface area contributed by atoms with Gasteiger partial charge in [0, 0.05) is 0 Å². The average Bonchev–Trinajstić information content (AvgIpc) is 2.58. The molecule has 24 heavy (non-hydrogen) atoms. The van der Waals surface area contributed by atoms with Crippen molar-refractivity contribution in [3.05, 3.63) is 64.7 Å². The maximum Gasteiger partial charge on any atom is 0.221 e. The van der Waals surface area contributed by atoms with Gasteiger partial charge in [-0.3, -0.25) is 4.79 Å². The summed E-state index contributed by atoms with van der Waals surface area (Å²) in [6.07, 6.45) is 0.140. The van der Waals surface area contributed by atoms with Gasteiger partial charge in [-0.1, -0.05) is 55.8 Å². The van der Waals surface area contributed by atoms with Crippen LogP contribution in [0, 0.1) is 13.8 Å². The molecule has 0 heterocycles. The van der Waals surface area contributed by atoms with E-state index in [1.807, 2.05) is 39.0 Å². The van der Waals surface area contributed by atoms with Crippen molar-refractivity contribution >= 4 is 5.91 Å². The smallest absolute Gasteiger partial charge is 0.221 e. The van der Waals surface area contributed by atoms with E-state index in [4.69, 9.17) is 10.5 Å². The zero-order valence-corrected chi connectivity index (χ0v) is 15.3. The van der Waals surface area contributed by atoms with E-state index >= 15 is 0 Å². The van der Waals surface area contributed by atoms with Gasteiger partial charge in [-0.25, -0.2) is 0 Å². The van der Waals surface area contributed by atoms with Crippen LogP contribution >= 0.6 is 0 Å². The predicted molar refractivity (Wildman–Crippen MR) is 99.1 cm³/mol. The molecule has 0 spiro atoms. The monoisotopic (exact) mass is 331 g/mol. The lowest BCUT2D eigenvalue weighted by Crippen LogP contribution is -2.15. The zero-order chi connectivity index (χ0) is 18.5. The lowest BCUT2D eigenvalue weighted by Gasteiger charge is -2.12. The molecule has 2 rings (SSSR count). The third-order valence-corrected chi connectivity index (χ3v) is 3.33. The molecule has 0 aliphatic carbocycles. The molecule has 3 N–H and O–H groups in total. The quantitative estimate of drug-likeness (QED) is 0.900. The second kappa shape index (κ2) is 12.1. The first-order valence-electron chi connectivity index (χ1n) is 8.05. The van der Waals surface area contributed by atoms with E-state index in [-0.39, 0.29) is 13.0 Å². The average molecular weight is 331 g/mol. The van der Waals surface area contributed by atoms with E-state index in [1.54, 1.807) is 19.2 Å². The molecule has 0 saturated carbocycles. The van der Waals surface area contributed by atoms with Crippen LogP contribution in [0.4, 0.5) is 0 Å². The minimum absolute atomic E-state index is 0.119. The summed E-state index contributed by atoms with van der Waals surface area (Å²) in [5, 5.41) is 9.22. The molecular weight excluding hydrogens is 302 g/mol. The molecule has 0 unspecified atom stereocenters. The van der Waals surface area contributed by atoms with Crippen LogP contribution in [0.15, 0.2) is 42.5 Å². The number of aliphatic hydroxyl groups is 1. The van der Waals surface area contributed by atoms with Crippen LogP contribution in [0.5, 0.6) is 5.75 Å². The van der Waals surface area contributed by atoms with Crippen molar-refractivity contribution in [1.82, 2.24) is 0 Å². The number of benzene rings is 2. The second-order valence-electron chi connectivity index (χ2n) is 4.99. The Morgan fingerprint density at radius 3 is 2.04 bits per heavy atom. The minimum Gasteiger partial charge on any atom is -0.496 e. The molecule has 1 amide bonds. The van der Waals surface area contributed by atoms with E-state index in [2.05, 4.69) is 19.1 Å². The Balaban J connectivity index is 0.000000488. The van der Waals surface area contributed by atoms with Crippen LogP contribution < -0.4 is 10.5 Å². The highest BCUT2D eigenvalue weighted by Crippen LogP contribution is 2.24. The molecule has 0 radical (unpaired) electrons. The van der Waals surface area contributed by atoms with E-state index in [1.165, 1.54) is 5.56 Å². The van der Waals surface area contributed by atoms with Gasteiger partial charge < -0.3 is 15.6 Å². The van der Waals surface area contributed by atoms with Gasteiger partial charge in [0.1, 0.15) is 5.75 Å². The minimum atomic E-state index is -0.408. The molecule has 0 aliphatic heterocycles. The van der Waals surface area contributed by atoms with Crippen LogP contribution in [0.3, 0.4) is 0 Å². The number of rotatable bonds is 4. The van der Waals surface area contributed by atoms with Crippen LogP contribution in [-0.2, 0) is 17.8 Å². The summed E-state index contributed by atoms with van der Waals surface area (Å²) in [5.41, 5.74) is 8.75. The first kappa shape index (κ1) is 21.7. The van der Waals surface area contributed by atoms with Crippen LogP contribution in [-0.4, -0.2) is 18.1 Å². The standard InChI is InChI=1S/C11H15NO3.C7H8.C2H6/c1-7-9(6-13)8(5-11(12)14)3-4-10(7)15-2;1-7-5-3-2-4-6-7;1-2/h3-4,13H,5-6H2,1-2H3,(H2,12,14);2-6H,1H3;1-2H3. The van der Waals surface area contributed by atoms with Gasteiger partial charge in [-0.2, -0.15) is 0 Å². The van der Waals surface area contributed by atoms with Gasteiger partial charge in [0.15, 0.2) is 0 Å². The van der Waals surface area contributed by atoms with Gasteiger partial charge in [-0.05, 0) is 36.6 Å². The topological polar surface area (TPSA) is 72.5 Å². The summed E-state index contributed by atoms with van der Waals surface area (Å²) >= 11 is 0. The Labute approximate surface area is 145 Å². The van der Waals surface area contributed by atoms with Crippen molar-refractivity contribution < 1.29 is 14.6 Å². The lowest BCUT2D eigenvalue weighted by molar-refractivity contribution is -0.117. The number of carbonyl (C=O) groups is 1. The first-order chi connectivity index (χ1) is 11.5. The fourth-order valence-corrected chi connectivity index (χ4v) is 2.12. The maximum absolute atomic E-state index is 10.8. The summed E-state index contributed by atoms with van der Waals surface area (Å²) in [6.45, 7) is 7.81. The summed E-state index contributed by atoms with van der Waals surface area (Å²) in [5.74, 6) is 0.293. The van der Waals surface area contributed by atoms with Crippen molar-refractivity contribution in [2.45, 2.75) is 40.7 Å². The second-order valence-corrected chi connectivity index (χ2v) is 4.99. The molecule has 0 saturated heterocycles. The van der Waals surface area contributed by atoms with Gasteiger partial charge >= 0.3 is 0 Å². The lowest BCUT2D eigenvalue weighted by atomic mass is 9.99. The van der Waals surface area contributed by atoms with Crippen molar-refractivity contribution in [3.63, 3.8) is 0 Å². The highest BCUT2D eigenvalue weighted by Gasteiger charge is 2.11. The van der Waals surface area contributed by atoms with Gasteiger partial charge in [0.05, 0.1) is 20.1 Å². The number of aryl methyl sites for hydroxylation is 1. The molecule has 2 aromatic rings. The molecule has 0 atom stereocenters. The highest BCUT2D eigenvalue weighted by atomic mass is 16.5. The van der Waals surface area contributed by atoms with Crippen LogP contribution in [0.2, 0.25) is 0 Å². The molecule has 0 fully saturated rings. The number of amides is 1. The summed E-state index contributed by atoms with van der Waals surface area (Å²) < 4.78 is 5.12. The maximum atomic E-state index is 10.8. The van der Waals surface area contributed by atoms with E-state index in [0.717, 1.165) is 11.1 Å². The van der Waals surface area contributed by atoms with Crippen molar-refractivity contribution in [3.8, 4) is 5.75 Å². The molecule has 2 aromatic carbocycles. The third-order valence-electron chi connectivity index (χ3n) is 3.33. The van der Waals surface area contributed by atoms with E-state index < -0.39 is 5.91 Å². The highest BCUT2D eigenvalue weighted by molar-refractivity contribution is 5.77. The summed E-state index contributed by atoms with van der Waals surface area (Å²) in [7, 11) is 1.57. The third kappa shape index (κ3) is 7.29. The Kier molecular flexibility index (Phi) is 11.0. The number of primary amides is 1. The van der Waals surface area contributed by atoms with Gasteiger partial charge in [0.2, 0.25) is 5.91 Å². The molecular formula is C20H29NO3. The molecule has 0 aromatic heterocycles. The van der Waals surface area contributed by atoms with Crippen molar-refractivity contribution in [1.29, 1.82) is 0 Å². The van der Waals surface area contributed by atoms with Crippen LogP contribution in [0.25, 0.3) is 0 Å². The molecule has 0 bridgehead atoms. The number of hydrogen-bond acceptors (Lipinski definition) is 3. The fourth-order valence-electron chi connectivity index (χ4n) is 2.12. The first-order valence-corrected chi connectivity index (χ1v) is 8.05. The van der Waals surface area contributed by atoms with Gasteiger partial charge in [0.25, 0.3) is 0 Å². The van der Waals surface area contributed by atoms with E-state index in [9.17, 15) is 9.90 Å². The number of nitrogens with two attached hydrogens (primary N) is 1. The SMILES string of the molecule is CC.COc1ccc(CC(N)=O)c(CO)c1C.Cc1ccccc1. The Bertz CT molecular complexity index is 610. The molecule has 132 valence electrons. The molecule has 4 heteroatoms. The fraction of sp³-hybridized carbons (Fsp3) is 0.350. The number of ether oxygens (including phenoxy) is 1. The number of aliphatic hydroxyl groups excluding tert-OH is 1. The largest absolute Gasteiger partial charge is 0.496 e. The zero-order valence-electron chi connectivity index (χ0n) is 15.3. The van der Waals surface area contributed by atoms with Crippen molar-refractivity contribution in [2.24, 2.45) is 5.73 Å². The Hall–Kier alpha value is -2.33. The summed E-state index contributed by atoms with van der Waals surface area (Å²) in [6, 6.07) is 13.8. The molecule has 0 aliphatic rings. The van der Waals surface area contributed by atoms with E-state index in [0.29, 0.717) is 11.3 Å². The number of methoxy groups -OCH3 is 1. The summed E-state index contributed by atoms with van der Waals surface area (Å²) in [4.78, 5) is 10.8. The number of carbonyl (C=O) groups excluding carboxylic acids is 1. The van der Waals surface area contributed by atoms with Gasteiger partial charge in [-0.15, -0.1) is 0 Å². The Morgan fingerprint density at radius 1 is 1.08 bits per heavy atom. The van der Waals surface area contributed by atoms with Crippen molar-refractivity contribution in [2.75, 3.05) is 7.11 Å². The van der Waals surface area contributed by atoms with Crippen LogP contribution in [0.1, 0.15) is 36.1 Å². The predicted octanol–water partition coefficient (Wildman–Crippen LogP) is 3.54. The number of hydrogen-bond donors (Lipinski definition) is 2. The molecule has 4 nitrogen and oxygen atoms in total.